The number of nitrogens with one attached hydrogen (secondary N) is 2. The van der Waals surface area contributed by atoms with Crippen LogP contribution in [0, 0.1) is 22.6 Å². The first-order valence-electron chi connectivity index (χ1n) is 12.5. The Kier molecular flexibility index (Phi) is 7.69. The number of anilines is 1. The molecule has 2 aromatic heterocycles. The summed E-state index contributed by atoms with van der Waals surface area (Å²) in [6.45, 7) is 4.23. The molecule has 4 rings (SSSR count). The van der Waals surface area contributed by atoms with Gasteiger partial charge in [0.05, 0.1) is 23.7 Å². The van der Waals surface area contributed by atoms with Gasteiger partial charge in [0.15, 0.2) is 5.82 Å². The molecule has 1 aliphatic carbocycles. The van der Waals surface area contributed by atoms with Crippen molar-refractivity contribution >= 4 is 17.3 Å². The first kappa shape index (κ1) is 26.7. The number of nitrogens with zero attached hydrogens (tertiary/aromatic N) is 4. The van der Waals surface area contributed by atoms with Crippen molar-refractivity contribution < 1.29 is 9.50 Å². The standard InChI is InChI=1S/C28H30FN7O2/c1-3-28(4-2,16-30)36-15-18(6-10-25(36)38)23-14-34-27(32)26(35-23)24(37)12-22(31)20-9-5-17(11-21(20)29)13-33-19-7-8-19/h5-6,9-12,14-15,19,31,33,37H,3-4,7-8,13H2,1-2H3,(H2,32,34)/b24-12-,31-22?. The Hall–Kier alpha value is -4.36. The average molecular weight is 516 g/mol. The summed E-state index contributed by atoms with van der Waals surface area (Å²) in [5.74, 6) is -1.11. The van der Waals surface area contributed by atoms with Crippen molar-refractivity contribution in [1.29, 1.82) is 10.7 Å². The van der Waals surface area contributed by atoms with E-state index in [-0.39, 0.29) is 28.3 Å². The number of aromatic nitrogens is 3. The zero-order valence-corrected chi connectivity index (χ0v) is 21.3. The molecule has 38 heavy (non-hydrogen) atoms. The summed E-state index contributed by atoms with van der Waals surface area (Å²) in [6, 6.07) is 10.3. The van der Waals surface area contributed by atoms with Crippen molar-refractivity contribution in [1.82, 2.24) is 19.9 Å². The van der Waals surface area contributed by atoms with Gasteiger partial charge in [-0.2, -0.15) is 5.26 Å². The first-order valence-corrected chi connectivity index (χ1v) is 12.5. The van der Waals surface area contributed by atoms with Gasteiger partial charge in [-0.05, 0) is 49.4 Å². The fraction of sp³-hybridized carbons (Fsp3) is 0.321. The van der Waals surface area contributed by atoms with Gasteiger partial charge >= 0.3 is 0 Å². The molecule has 0 bridgehead atoms. The lowest BCUT2D eigenvalue weighted by Crippen LogP contribution is -2.38. The maximum absolute atomic E-state index is 14.7. The number of hydrogen-bond acceptors (Lipinski definition) is 8. The second-order valence-corrected chi connectivity index (χ2v) is 9.38. The fourth-order valence-corrected chi connectivity index (χ4v) is 4.22. The Morgan fingerprint density at radius 1 is 1.34 bits per heavy atom. The van der Waals surface area contributed by atoms with Crippen molar-refractivity contribution in [2.24, 2.45) is 0 Å². The molecular formula is C28H30FN7O2. The molecule has 1 aromatic carbocycles. The van der Waals surface area contributed by atoms with Crippen LogP contribution in [0.4, 0.5) is 10.2 Å². The number of allylic oxidation sites excluding steroid dienone is 1. The topological polar surface area (TPSA) is 154 Å². The van der Waals surface area contributed by atoms with Crippen molar-refractivity contribution in [2.75, 3.05) is 5.73 Å². The quantitative estimate of drug-likeness (QED) is 0.232. The lowest BCUT2D eigenvalue weighted by atomic mass is 9.94. The van der Waals surface area contributed by atoms with Gasteiger partial charge in [-0.25, -0.2) is 14.4 Å². The Morgan fingerprint density at radius 3 is 2.71 bits per heavy atom. The molecule has 5 N–H and O–H groups in total. The van der Waals surface area contributed by atoms with Crippen LogP contribution in [-0.2, 0) is 12.1 Å². The highest BCUT2D eigenvalue weighted by atomic mass is 19.1. The Morgan fingerprint density at radius 2 is 2.08 bits per heavy atom. The van der Waals surface area contributed by atoms with Crippen LogP contribution in [-0.4, -0.2) is 31.4 Å². The van der Waals surface area contributed by atoms with E-state index >= 15 is 0 Å². The normalized spacial score (nSPS) is 13.8. The lowest BCUT2D eigenvalue weighted by Gasteiger charge is -2.26. The van der Waals surface area contributed by atoms with Crippen LogP contribution < -0.4 is 16.6 Å². The maximum atomic E-state index is 14.7. The van der Waals surface area contributed by atoms with Crippen LogP contribution >= 0.6 is 0 Å². The number of aliphatic hydroxyl groups is 1. The van der Waals surface area contributed by atoms with E-state index in [2.05, 4.69) is 21.4 Å². The molecule has 0 atom stereocenters. The summed E-state index contributed by atoms with van der Waals surface area (Å²) in [4.78, 5) is 21.1. The van der Waals surface area contributed by atoms with Crippen LogP contribution in [0.5, 0.6) is 0 Å². The third kappa shape index (κ3) is 5.48. The first-order chi connectivity index (χ1) is 18.2. The summed E-state index contributed by atoms with van der Waals surface area (Å²) in [7, 11) is 0. The van der Waals surface area contributed by atoms with Crippen LogP contribution in [0.3, 0.4) is 0 Å². The van der Waals surface area contributed by atoms with E-state index in [0.29, 0.717) is 36.7 Å². The molecule has 0 amide bonds. The molecular weight excluding hydrogens is 485 g/mol. The van der Waals surface area contributed by atoms with Gasteiger partial charge in [0.25, 0.3) is 5.56 Å². The molecule has 0 radical (unpaired) electrons. The van der Waals surface area contributed by atoms with Crippen molar-refractivity contribution in [3.8, 4) is 17.3 Å². The summed E-state index contributed by atoms with van der Waals surface area (Å²) in [5.41, 5.74) is 5.86. The molecule has 1 saturated carbocycles. The van der Waals surface area contributed by atoms with Gasteiger partial charge in [0.2, 0.25) is 0 Å². The van der Waals surface area contributed by atoms with Crippen LogP contribution in [0.1, 0.15) is 56.4 Å². The molecule has 1 fully saturated rings. The Labute approximate surface area is 220 Å². The van der Waals surface area contributed by atoms with E-state index in [1.54, 1.807) is 18.3 Å². The highest BCUT2D eigenvalue weighted by Crippen LogP contribution is 2.27. The van der Waals surface area contributed by atoms with Crippen LogP contribution in [0.25, 0.3) is 17.0 Å². The zero-order chi connectivity index (χ0) is 27.4. The van der Waals surface area contributed by atoms with Crippen LogP contribution in [0.15, 0.2) is 53.6 Å². The third-order valence-corrected chi connectivity index (χ3v) is 6.87. The predicted molar refractivity (Wildman–Crippen MR) is 144 cm³/mol. The van der Waals surface area contributed by atoms with E-state index in [4.69, 9.17) is 11.1 Å². The van der Waals surface area contributed by atoms with E-state index in [9.17, 15) is 19.6 Å². The van der Waals surface area contributed by atoms with E-state index < -0.39 is 17.1 Å². The second kappa shape index (κ2) is 10.9. The van der Waals surface area contributed by atoms with E-state index in [1.807, 2.05) is 13.8 Å². The van der Waals surface area contributed by atoms with Gasteiger partial charge in [0.1, 0.15) is 22.8 Å². The number of nitrogen functional groups attached to an aromatic ring is 1. The minimum Gasteiger partial charge on any atom is -0.505 e. The summed E-state index contributed by atoms with van der Waals surface area (Å²) in [5, 5.41) is 32.2. The number of pyridine rings is 1. The molecule has 2 heterocycles. The van der Waals surface area contributed by atoms with Crippen LogP contribution in [0.2, 0.25) is 0 Å². The zero-order valence-electron chi connectivity index (χ0n) is 21.3. The largest absolute Gasteiger partial charge is 0.505 e. The number of hydrogen-bond donors (Lipinski definition) is 4. The molecule has 0 spiro atoms. The van der Waals surface area contributed by atoms with Crippen molar-refractivity contribution in [3.63, 3.8) is 0 Å². The van der Waals surface area contributed by atoms with Crippen molar-refractivity contribution in [2.45, 2.75) is 57.7 Å². The molecule has 0 aliphatic heterocycles. The Balaban J connectivity index is 1.63. The number of nitriles is 1. The molecule has 196 valence electrons. The maximum Gasteiger partial charge on any atom is 0.251 e. The number of aliphatic hydroxyl groups excluding tert-OH is 1. The minimum atomic E-state index is -1.01. The monoisotopic (exact) mass is 515 g/mol. The summed E-state index contributed by atoms with van der Waals surface area (Å²) < 4.78 is 16.1. The van der Waals surface area contributed by atoms with Gasteiger partial charge < -0.3 is 21.6 Å². The average Bonchev–Trinajstić information content (AvgIpc) is 3.74. The molecule has 10 heteroatoms. The van der Waals surface area contributed by atoms with E-state index in [0.717, 1.165) is 24.5 Å². The molecule has 0 saturated heterocycles. The number of rotatable bonds is 10. The van der Waals surface area contributed by atoms with Gasteiger partial charge in [-0.15, -0.1) is 0 Å². The Bertz CT molecular complexity index is 1500. The van der Waals surface area contributed by atoms with E-state index in [1.165, 1.54) is 29.0 Å². The highest BCUT2D eigenvalue weighted by Gasteiger charge is 2.29. The summed E-state index contributed by atoms with van der Waals surface area (Å²) >= 11 is 0. The highest BCUT2D eigenvalue weighted by molar-refractivity contribution is 6.09. The van der Waals surface area contributed by atoms with Gasteiger partial charge in [-0.1, -0.05) is 19.9 Å². The smallest absolute Gasteiger partial charge is 0.251 e. The SMILES string of the molecule is CCC(C#N)(CC)n1cc(-c2cnc(N)c(/C(O)=C/C(=N)c3ccc(CNC4CC4)cc3F)n2)ccc1=O. The molecule has 9 nitrogen and oxygen atoms in total. The summed E-state index contributed by atoms with van der Waals surface area (Å²) in [6.07, 6.45) is 7.13. The fourth-order valence-electron chi connectivity index (χ4n) is 4.22. The predicted octanol–water partition coefficient (Wildman–Crippen LogP) is 4.28. The molecule has 0 unspecified atom stereocenters. The lowest BCUT2D eigenvalue weighted by molar-refractivity contribution is 0.345. The third-order valence-electron chi connectivity index (χ3n) is 6.87. The van der Waals surface area contributed by atoms with Crippen molar-refractivity contribution in [3.05, 3.63) is 81.8 Å². The number of nitrogens with two attached hydrogens (primary N) is 1. The van der Waals surface area contributed by atoms with Gasteiger partial charge in [-0.3, -0.25) is 9.36 Å². The second-order valence-electron chi connectivity index (χ2n) is 9.38. The molecule has 1 aliphatic rings. The minimum absolute atomic E-state index is 0.0217. The number of halogens is 1. The van der Waals surface area contributed by atoms with Gasteiger partial charge in [0, 0.05) is 42.1 Å². The molecule has 3 aromatic rings. The number of benzene rings is 1.